The van der Waals surface area contributed by atoms with Crippen molar-refractivity contribution in [3.63, 3.8) is 0 Å². The summed E-state index contributed by atoms with van der Waals surface area (Å²) in [5, 5.41) is 8.79. The van der Waals surface area contributed by atoms with Crippen molar-refractivity contribution >= 4 is 5.91 Å². The number of likely N-dealkylation sites (tertiary alicyclic amines) is 1. The molecule has 1 aliphatic rings. The monoisotopic (exact) mass is 284 g/mol. The highest BCUT2D eigenvalue weighted by Crippen LogP contribution is 2.24. The van der Waals surface area contributed by atoms with Crippen LogP contribution in [-0.4, -0.2) is 23.9 Å². The first kappa shape index (κ1) is 15.6. The van der Waals surface area contributed by atoms with Gasteiger partial charge in [0.05, 0.1) is 18.1 Å². The Morgan fingerprint density at radius 2 is 2.00 bits per heavy atom. The van der Waals surface area contributed by atoms with Crippen LogP contribution in [0.3, 0.4) is 0 Å². The molecule has 0 radical (unpaired) electrons. The molecule has 3 nitrogen and oxygen atoms in total. The standard InChI is InChI=1S/C18H24N2O/c1-14(2)17-4-3-10-20(11-9-17)18(21)12-15-5-7-16(13-19)8-6-15/h5-8,14,17H,3-4,9-12H2,1-2H3. The van der Waals surface area contributed by atoms with Gasteiger partial charge in [-0.3, -0.25) is 4.79 Å². The van der Waals surface area contributed by atoms with Crippen LogP contribution < -0.4 is 0 Å². The zero-order valence-corrected chi connectivity index (χ0v) is 13.0. The highest BCUT2D eigenvalue weighted by molar-refractivity contribution is 5.78. The normalized spacial score (nSPS) is 19.1. The molecule has 1 amide bonds. The van der Waals surface area contributed by atoms with Gasteiger partial charge in [0.15, 0.2) is 0 Å². The Morgan fingerprint density at radius 1 is 1.29 bits per heavy atom. The van der Waals surface area contributed by atoms with E-state index in [1.807, 2.05) is 17.0 Å². The van der Waals surface area contributed by atoms with Crippen LogP contribution in [0.2, 0.25) is 0 Å². The van der Waals surface area contributed by atoms with Gasteiger partial charge in [0.1, 0.15) is 0 Å². The van der Waals surface area contributed by atoms with Gasteiger partial charge in [-0.2, -0.15) is 5.26 Å². The molecule has 0 spiro atoms. The first-order valence-electron chi connectivity index (χ1n) is 7.87. The van der Waals surface area contributed by atoms with E-state index >= 15 is 0 Å². The zero-order chi connectivity index (χ0) is 15.2. The molecule has 0 aromatic heterocycles. The molecule has 0 bridgehead atoms. The van der Waals surface area contributed by atoms with E-state index in [2.05, 4.69) is 19.9 Å². The third kappa shape index (κ3) is 4.32. The lowest BCUT2D eigenvalue weighted by Crippen LogP contribution is -2.33. The van der Waals surface area contributed by atoms with Gasteiger partial charge in [-0.1, -0.05) is 26.0 Å². The lowest BCUT2D eigenvalue weighted by atomic mass is 9.89. The molecule has 1 saturated heterocycles. The van der Waals surface area contributed by atoms with Gasteiger partial charge in [-0.15, -0.1) is 0 Å². The maximum absolute atomic E-state index is 12.4. The van der Waals surface area contributed by atoms with E-state index < -0.39 is 0 Å². The maximum atomic E-state index is 12.4. The van der Waals surface area contributed by atoms with Crippen LogP contribution in [0.1, 0.15) is 44.2 Å². The van der Waals surface area contributed by atoms with Crippen molar-refractivity contribution in [3.05, 3.63) is 35.4 Å². The number of carbonyl (C=O) groups excluding carboxylic acids is 1. The molecule has 21 heavy (non-hydrogen) atoms. The molecular formula is C18H24N2O. The summed E-state index contributed by atoms with van der Waals surface area (Å²) in [5.74, 6) is 1.67. The van der Waals surface area contributed by atoms with E-state index in [0.717, 1.165) is 37.4 Å². The van der Waals surface area contributed by atoms with E-state index in [1.54, 1.807) is 12.1 Å². The van der Waals surface area contributed by atoms with Gasteiger partial charge >= 0.3 is 0 Å². The minimum Gasteiger partial charge on any atom is -0.342 e. The minimum absolute atomic E-state index is 0.212. The van der Waals surface area contributed by atoms with Crippen molar-refractivity contribution in [3.8, 4) is 6.07 Å². The first-order valence-corrected chi connectivity index (χ1v) is 7.87. The Morgan fingerprint density at radius 3 is 2.62 bits per heavy atom. The van der Waals surface area contributed by atoms with Crippen molar-refractivity contribution in [1.82, 2.24) is 4.90 Å². The summed E-state index contributed by atoms with van der Waals surface area (Å²) in [7, 11) is 0. The molecule has 1 aromatic carbocycles. The molecule has 1 atom stereocenters. The summed E-state index contributed by atoms with van der Waals surface area (Å²) in [6.45, 7) is 6.33. The third-order valence-electron chi connectivity index (χ3n) is 4.51. The lowest BCUT2D eigenvalue weighted by Gasteiger charge is -2.21. The zero-order valence-electron chi connectivity index (χ0n) is 13.0. The van der Waals surface area contributed by atoms with E-state index in [9.17, 15) is 4.79 Å². The number of carbonyl (C=O) groups is 1. The van der Waals surface area contributed by atoms with E-state index in [4.69, 9.17) is 5.26 Å². The summed E-state index contributed by atoms with van der Waals surface area (Å²) < 4.78 is 0. The summed E-state index contributed by atoms with van der Waals surface area (Å²) in [5.41, 5.74) is 1.63. The van der Waals surface area contributed by atoms with Crippen molar-refractivity contribution in [1.29, 1.82) is 5.26 Å². The minimum atomic E-state index is 0.212. The average molecular weight is 284 g/mol. The number of nitriles is 1. The summed E-state index contributed by atoms with van der Waals surface area (Å²) in [4.78, 5) is 14.4. The van der Waals surface area contributed by atoms with Gasteiger partial charge < -0.3 is 4.90 Å². The predicted octanol–water partition coefficient (Wildman–Crippen LogP) is 3.39. The van der Waals surface area contributed by atoms with Crippen LogP contribution in [-0.2, 0) is 11.2 Å². The second-order valence-electron chi connectivity index (χ2n) is 6.30. The topological polar surface area (TPSA) is 44.1 Å². The van der Waals surface area contributed by atoms with Gasteiger partial charge in [-0.25, -0.2) is 0 Å². The first-order chi connectivity index (χ1) is 10.1. The fourth-order valence-electron chi connectivity index (χ4n) is 3.02. The van der Waals surface area contributed by atoms with Crippen LogP contribution >= 0.6 is 0 Å². The third-order valence-corrected chi connectivity index (χ3v) is 4.51. The van der Waals surface area contributed by atoms with Crippen molar-refractivity contribution in [2.75, 3.05) is 13.1 Å². The number of hydrogen-bond donors (Lipinski definition) is 0. The highest BCUT2D eigenvalue weighted by Gasteiger charge is 2.22. The van der Waals surface area contributed by atoms with E-state index in [1.165, 1.54) is 6.42 Å². The van der Waals surface area contributed by atoms with Gasteiger partial charge in [-0.05, 0) is 48.8 Å². The van der Waals surface area contributed by atoms with Crippen LogP contribution in [0.5, 0.6) is 0 Å². The number of amides is 1. The molecule has 1 fully saturated rings. The van der Waals surface area contributed by atoms with Crippen LogP contribution in [0.4, 0.5) is 0 Å². The molecule has 0 N–H and O–H groups in total. The fourth-order valence-corrected chi connectivity index (χ4v) is 3.02. The highest BCUT2D eigenvalue weighted by atomic mass is 16.2. The largest absolute Gasteiger partial charge is 0.342 e. The van der Waals surface area contributed by atoms with Crippen LogP contribution in [0, 0.1) is 23.2 Å². The van der Waals surface area contributed by atoms with Crippen LogP contribution in [0.25, 0.3) is 0 Å². The summed E-state index contributed by atoms with van der Waals surface area (Å²) in [6.07, 6.45) is 3.91. The Kier molecular flexibility index (Phi) is 5.38. The Bertz CT molecular complexity index is 513. The average Bonchev–Trinajstić information content (AvgIpc) is 2.74. The van der Waals surface area contributed by atoms with Crippen molar-refractivity contribution < 1.29 is 4.79 Å². The maximum Gasteiger partial charge on any atom is 0.226 e. The fraction of sp³-hybridized carbons (Fsp3) is 0.556. The lowest BCUT2D eigenvalue weighted by molar-refractivity contribution is -0.130. The number of nitrogens with zero attached hydrogens (tertiary/aromatic N) is 2. The molecule has 0 aliphatic carbocycles. The van der Waals surface area contributed by atoms with Crippen molar-refractivity contribution in [2.45, 2.75) is 39.5 Å². The second-order valence-corrected chi connectivity index (χ2v) is 6.30. The smallest absolute Gasteiger partial charge is 0.226 e. The molecule has 1 heterocycles. The van der Waals surface area contributed by atoms with Gasteiger partial charge in [0, 0.05) is 13.1 Å². The van der Waals surface area contributed by atoms with Gasteiger partial charge in [0.2, 0.25) is 5.91 Å². The molecule has 1 aliphatic heterocycles. The summed E-state index contributed by atoms with van der Waals surface area (Å²) >= 11 is 0. The quantitative estimate of drug-likeness (QED) is 0.854. The number of benzene rings is 1. The van der Waals surface area contributed by atoms with Crippen LogP contribution in [0.15, 0.2) is 24.3 Å². The molecule has 1 aromatic rings. The molecule has 0 saturated carbocycles. The van der Waals surface area contributed by atoms with E-state index in [-0.39, 0.29) is 5.91 Å². The molecule has 1 unspecified atom stereocenters. The molecular weight excluding hydrogens is 260 g/mol. The SMILES string of the molecule is CC(C)C1CCCN(C(=O)Cc2ccc(C#N)cc2)CC1. The Hall–Kier alpha value is -1.82. The summed E-state index contributed by atoms with van der Waals surface area (Å²) in [6, 6.07) is 9.41. The molecule has 112 valence electrons. The van der Waals surface area contributed by atoms with Gasteiger partial charge in [0.25, 0.3) is 0 Å². The predicted molar refractivity (Wildman–Crippen MR) is 83.6 cm³/mol. The Labute approximate surface area is 127 Å². The van der Waals surface area contributed by atoms with Crippen molar-refractivity contribution in [2.24, 2.45) is 11.8 Å². The molecule has 3 heteroatoms. The Balaban J connectivity index is 1.92. The molecule has 2 rings (SSSR count). The number of rotatable bonds is 3. The second kappa shape index (κ2) is 7.26. The van der Waals surface area contributed by atoms with E-state index in [0.29, 0.717) is 17.9 Å². The number of hydrogen-bond acceptors (Lipinski definition) is 2.